The third kappa shape index (κ3) is 2.58. The molecule has 0 radical (unpaired) electrons. The summed E-state index contributed by atoms with van der Waals surface area (Å²) in [5, 5.41) is 12.3. The number of benzene rings is 2. The summed E-state index contributed by atoms with van der Waals surface area (Å²) in [6.45, 7) is -1.09. The highest BCUT2D eigenvalue weighted by Gasteiger charge is 2.59. The fourth-order valence-electron chi connectivity index (χ4n) is 6.10. The van der Waals surface area contributed by atoms with E-state index in [2.05, 4.69) is 0 Å². The Morgan fingerprint density at radius 2 is 1.79 bits per heavy atom. The van der Waals surface area contributed by atoms with Gasteiger partial charge in [0.25, 0.3) is 12.3 Å². The van der Waals surface area contributed by atoms with Gasteiger partial charge in [-0.3, -0.25) is 19.3 Å². The number of aromatic nitrogens is 1. The van der Waals surface area contributed by atoms with Gasteiger partial charge < -0.3 is 10.0 Å². The number of carbonyl (C=O) groups is 1. The van der Waals surface area contributed by atoms with Crippen molar-refractivity contribution in [3.05, 3.63) is 98.7 Å². The van der Waals surface area contributed by atoms with Crippen LogP contribution in [-0.2, 0) is 18.4 Å². The number of carbonyl (C=O) groups excluding carboxylic acids is 1. The van der Waals surface area contributed by atoms with Crippen molar-refractivity contribution in [3.8, 4) is 5.75 Å². The van der Waals surface area contributed by atoms with Crippen LogP contribution < -0.4 is 10.4 Å². The van der Waals surface area contributed by atoms with Crippen LogP contribution in [0.4, 0.5) is 13.2 Å². The molecule has 2 aliphatic carbocycles. The van der Waals surface area contributed by atoms with Gasteiger partial charge in [-0.2, -0.15) is 0 Å². The molecule has 2 unspecified atom stereocenters. The summed E-state index contributed by atoms with van der Waals surface area (Å²) in [6, 6.07) is 13.7. The second-order valence-corrected chi connectivity index (χ2v) is 8.98. The first-order chi connectivity index (χ1) is 16.3. The van der Waals surface area contributed by atoms with E-state index in [0.717, 1.165) is 22.1 Å². The summed E-state index contributed by atoms with van der Waals surface area (Å²) < 4.78 is 43.3. The third-order valence-electron chi connectivity index (χ3n) is 7.34. The van der Waals surface area contributed by atoms with Crippen LogP contribution in [0, 0.1) is 11.7 Å². The Hall–Kier alpha value is -3.75. The van der Waals surface area contributed by atoms with Gasteiger partial charge in [-0.05, 0) is 41.2 Å². The van der Waals surface area contributed by atoms with E-state index in [-0.39, 0.29) is 24.1 Å². The van der Waals surface area contributed by atoms with E-state index < -0.39 is 35.6 Å². The zero-order valence-electron chi connectivity index (χ0n) is 17.9. The zero-order valence-corrected chi connectivity index (χ0v) is 17.9. The first-order valence-corrected chi connectivity index (χ1v) is 11.0. The second kappa shape index (κ2) is 7.12. The number of rotatable bonds is 3. The van der Waals surface area contributed by atoms with E-state index in [1.165, 1.54) is 16.9 Å². The normalized spacial score (nSPS) is 22.6. The van der Waals surface area contributed by atoms with Crippen molar-refractivity contribution in [3.63, 3.8) is 0 Å². The third-order valence-corrected chi connectivity index (χ3v) is 7.34. The summed E-state index contributed by atoms with van der Waals surface area (Å²) in [5.74, 6) is -2.14. The molecule has 1 aliphatic heterocycles. The van der Waals surface area contributed by atoms with Crippen LogP contribution in [0.3, 0.4) is 0 Å². The highest BCUT2D eigenvalue weighted by molar-refractivity contribution is 5.96. The molecule has 0 saturated heterocycles. The van der Waals surface area contributed by atoms with Gasteiger partial charge in [0.05, 0.1) is 6.54 Å². The Labute approximate surface area is 192 Å². The van der Waals surface area contributed by atoms with Crippen LogP contribution in [0.25, 0.3) is 0 Å². The summed E-state index contributed by atoms with van der Waals surface area (Å²) in [4.78, 5) is 26.3. The standard InChI is InChI=1S/C25H20F3N3O3/c26-19-7-3-6-18-16(19)11-15-10-14-4-1-2-5-17(14)25(15,18)31-13-29(12-21(27)28)24(34)22-23(33)20(32)8-9-30(22)31/h1-9,15,21,33H,10-13H2. The summed E-state index contributed by atoms with van der Waals surface area (Å²) >= 11 is 0. The quantitative estimate of drug-likeness (QED) is 0.644. The summed E-state index contributed by atoms with van der Waals surface area (Å²) in [7, 11) is 0. The van der Waals surface area contributed by atoms with Gasteiger partial charge >= 0.3 is 0 Å². The van der Waals surface area contributed by atoms with Crippen LogP contribution in [0.5, 0.6) is 5.75 Å². The van der Waals surface area contributed by atoms with Crippen LogP contribution in [0.1, 0.15) is 32.7 Å². The Bertz CT molecular complexity index is 1410. The number of aromatic hydroxyl groups is 1. The van der Waals surface area contributed by atoms with Crippen molar-refractivity contribution in [2.24, 2.45) is 5.92 Å². The predicted molar refractivity (Wildman–Crippen MR) is 117 cm³/mol. The minimum Gasteiger partial charge on any atom is -0.502 e. The minimum atomic E-state index is -2.81. The van der Waals surface area contributed by atoms with Crippen LogP contribution in [-0.4, -0.2) is 40.2 Å². The average molecular weight is 467 g/mol. The molecule has 1 aromatic heterocycles. The molecule has 6 rings (SSSR count). The first-order valence-electron chi connectivity index (χ1n) is 11.0. The summed E-state index contributed by atoms with van der Waals surface area (Å²) in [5.41, 5.74) is 1.04. The summed E-state index contributed by atoms with van der Waals surface area (Å²) in [6.07, 6.45) is -0.380. The molecule has 6 nitrogen and oxygen atoms in total. The topological polar surface area (TPSA) is 65.8 Å². The van der Waals surface area contributed by atoms with E-state index >= 15 is 0 Å². The molecule has 9 heteroatoms. The SMILES string of the molecule is O=C1c2c(O)c(=O)ccn2N(C23c4ccccc4CC2Cc2c(F)cccc23)CN1CC(F)F. The molecule has 3 aliphatic rings. The van der Waals surface area contributed by atoms with E-state index in [1.54, 1.807) is 11.1 Å². The lowest BCUT2D eigenvalue weighted by atomic mass is 9.81. The van der Waals surface area contributed by atoms with Gasteiger partial charge in [0, 0.05) is 18.2 Å². The van der Waals surface area contributed by atoms with Crippen LogP contribution in [0.2, 0.25) is 0 Å². The fourth-order valence-corrected chi connectivity index (χ4v) is 6.10. The number of amides is 1. The van der Waals surface area contributed by atoms with Crippen molar-refractivity contribution in [2.75, 3.05) is 18.2 Å². The molecule has 174 valence electrons. The molecule has 0 fully saturated rings. The number of hydrogen-bond donors (Lipinski definition) is 1. The maximum atomic E-state index is 15.0. The van der Waals surface area contributed by atoms with E-state index in [1.807, 2.05) is 30.3 Å². The Morgan fingerprint density at radius 3 is 2.59 bits per heavy atom. The monoisotopic (exact) mass is 467 g/mol. The minimum absolute atomic E-state index is 0.146. The van der Waals surface area contributed by atoms with E-state index in [0.29, 0.717) is 24.0 Å². The maximum absolute atomic E-state index is 15.0. The largest absolute Gasteiger partial charge is 0.502 e. The highest BCUT2D eigenvalue weighted by Crippen LogP contribution is 2.57. The molecule has 2 heterocycles. The lowest BCUT2D eigenvalue weighted by molar-refractivity contribution is 0.0433. The lowest BCUT2D eigenvalue weighted by Gasteiger charge is -2.50. The van der Waals surface area contributed by atoms with Crippen molar-refractivity contribution >= 4 is 5.91 Å². The number of fused-ring (bicyclic) bond motifs is 6. The van der Waals surface area contributed by atoms with E-state index in [9.17, 15) is 27.9 Å². The second-order valence-electron chi connectivity index (χ2n) is 8.98. The highest BCUT2D eigenvalue weighted by atomic mass is 19.3. The molecule has 2 atom stereocenters. The van der Waals surface area contributed by atoms with Gasteiger partial charge in [-0.25, -0.2) is 13.2 Å². The number of pyridine rings is 1. The van der Waals surface area contributed by atoms with Crippen molar-refractivity contribution in [1.29, 1.82) is 0 Å². The van der Waals surface area contributed by atoms with Crippen molar-refractivity contribution in [1.82, 2.24) is 9.58 Å². The molecule has 2 aromatic carbocycles. The smallest absolute Gasteiger partial charge is 0.278 e. The van der Waals surface area contributed by atoms with Gasteiger partial charge in [0.2, 0.25) is 5.43 Å². The predicted octanol–water partition coefficient (Wildman–Crippen LogP) is 2.98. The van der Waals surface area contributed by atoms with Crippen LogP contribution in [0.15, 0.2) is 59.5 Å². The van der Waals surface area contributed by atoms with Gasteiger partial charge in [-0.1, -0.05) is 36.4 Å². The number of alkyl halides is 2. The zero-order chi connectivity index (χ0) is 23.8. The van der Waals surface area contributed by atoms with Crippen LogP contribution >= 0.6 is 0 Å². The molecule has 0 spiro atoms. The van der Waals surface area contributed by atoms with Crippen molar-refractivity contribution < 1.29 is 23.1 Å². The van der Waals surface area contributed by atoms with Gasteiger partial charge in [0.15, 0.2) is 11.4 Å². The average Bonchev–Trinajstić information content (AvgIpc) is 3.30. The fraction of sp³-hybridized carbons (Fsp3) is 0.280. The molecule has 34 heavy (non-hydrogen) atoms. The number of hydrogen-bond acceptors (Lipinski definition) is 4. The molecule has 1 amide bonds. The molecular weight excluding hydrogens is 447 g/mol. The molecule has 0 saturated carbocycles. The Morgan fingerprint density at radius 1 is 1.03 bits per heavy atom. The molecule has 3 aromatic rings. The number of nitrogens with zero attached hydrogens (tertiary/aromatic N) is 3. The first kappa shape index (κ1) is 20.8. The maximum Gasteiger partial charge on any atom is 0.278 e. The molecule has 1 N–H and O–H groups in total. The van der Waals surface area contributed by atoms with E-state index in [4.69, 9.17) is 0 Å². The lowest BCUT2D eigenvalue weighted by Crippen LogP contribution is -2.63. The Balaban J connectivity index is 1.67. The Kier molecular flexibility index (Phi) is 4.36. The van der Waals surface area contributed by atoms with Gasteiger partial charge in [0.1, 0.15) is 18.0 Å². The molecular formula is C25H20F3N3O3. The van der Waals surface area contributed by atoms with Crippen molar-refractivity contribution in [2.45, 2.75) is 24.8 Å². The molecule has 0 bridgehead atoms. The van der Waals surface area contributed by atoms with Gasteiger partial charge in [-0.15, -0.1) is 0 Å². The number of halogens is 3.